The van der Waals surface area contributed by atoms with Crippen LogP contribution in [0, 0.1) is 5.92 Å². The number of carbonyl (C=O) groups is 3. The van der Waals surface area contributed by atoms with Crippen molar-refractivity contribution in [1.82, 2.24) is 10.2 Å². The molecule has 134 valence electrons. The van der Waals surface area contributed by atoms with Crippen LogP contribution in [0.4, 0.5) is 5.69 Å². The molecular formula is C19H25N3O3. The van der Waals surface area contributed by atoms with Gasteiger partial charge in [0.2, 0.25) is 17.7 Å². The number of nitrogens with zero attached hydrogens (tertiary/aromatic N) is 2. The molecule has 0 radical (unpaired) electrons. The van der Waals surface area contributed by atoms with Crippen molar-refractivity contribution in [3.63, 3.8) is 0 Å². The molecule has 0 aliphatic carbocycles. The molecule has 0 unspecified atom stereocenters. The molecule has 1 aromatic rings. The summed E-state index contributed by atoms with van der Waals surface area (Å²) in [5.74, 6) is 0.270. The van der Waals surface area contributed by atoms with Crippen molar-refractivity contribution in [3.8, 4) is 0 Å². The van der Waals surface area contributed by atoms with Gasteiger partial charge in [-0.05, 0) is 36.5 Å². The van der Waals surface area contributed by atoms with E-state index in [1.807, 2.05) is 12.1 Å². The maximum Gasteiger partial charge on any atom is 0.227 e. The van der Waals surface area contributed by atoms with E-state index in [9.17, 15) is 14.4 Å². The lowest BCUT2D eigenvalue weighted by molar-refractivity contribution is -0.134. The Bertz CT molecular complexity index is 693. The number of fused-ring (bicyclic) bond motifs is 1. The summed E-state index contributed by atoms with van der Waals surface area (Å²) in [7, 11) is 1.80. The highest BCUT2D eigenvalue weighted by atomic mass is 16.2. The fourth-order valence-corrected chi connectivity index (χ4v) is 3.61. The first-order valence-corrected chi connectivity index (χ1v) is 8.87. The topological polar surface area (TPSA) is 69.7 Å². The molecule has 0 aromatic heterocycles. The van der Waals surface area contributed by atoms with Gasteiger partial charge in [-0.3, -0.25) is 14.4 Å². The maximum atomic E-state index is 12.4. The summed E-state index contributed by atoms with van der Waals surface area (Å²) in [6, 6.07) is 6.00. The average Bonchev–Trinajstić information content (AvgIpc) is 2.63. The second kappa shape index (κ2) is 7.25. The molecule has 1 N–H and O–H groups in total. The van der Waals surface area contributed by atoms with Crippen LogP contribution in [0.3, 0.4) is 0 Å². The van der Waals surface area contributed by atoms with Crippen molar-refractivity contribution in [3.05, 3.63) is 29.3 Å². The Morgan fingerprint density at radius 1 is 1.20 bits per heavy atom. The van der Waals surface area contributed by atoms with E-state index in [0.29, 0.717) is 26.1 Å². The Hall–Kier alpha value is -2.37. The summed E-state index contributed by atoms with van der Waals surface area (Å²) in [4.78, 5) is 38.9. The summed E-state index contributed by atoms with van der Waals surface area (Å²) in [5.41, 5.74) is 3.17. The molecular weight excluding hydrogens is 318 g/mol. The van der Waals surface area contributed by atoms with Gasteiger partial charge in [0, 0.05) is 51.6 Å². The van der Waals surface area contributed by atoms with Gasteiger partial charge in [0.05, 0.1) is 0 Å². The maximum absolute atomic E-state index is 12.4. The molecule has 2 aliphatic heterocycles. The number of nitrogens with one attached hydrogen (secondary N) is 1. The molecule has 0 saturated carbocycles. The molecule has 3 amide bonds. The normalized spacial score (nSPS) is 18.1. The third kappa shape index (κ3) is 3.83. The number of hydrogen-bond donors (Lipinski definition) is 1. The number of carbonyl (C=O) groups excluding carboxylic acids is 3. The van der Waals surface area contributed by atoms with E-state index in [1.165, 1.54) is 0 Å². The van der Waals surface area contributed by atoms with Gasteiger partial charge in [0.1, 0.15) is 0 Å². The summed E-state index contributed by atoms with van der Waals surface area (Å²) >= 11 is 0. The zero-order valence-corrected chi connectivity index (χ0v) is 14.9. The number of piperidine rings is 1. The molecule has 25 heavy (non-hydrogen) atoms. The van der Waals surface area contributed by atoms with Crippen LogP contribution in [0.2, 0.25) is 0 Å². The molecule has 1 aromatic carbocycles. The molecule has 2 heterocycles. The van der Waals surface area contributed by atoms with E-state index in [2.05, 4.69) is 11.4 Å². The Kier molecular flexibility index (Phi) is 5.06. The highest BCUT2D eigenvalue weighted by Crippen LogP contribution is 2.27. The molecule has 1 fully saturated rings. The minimum absolute atomic E-state index is 0.0167. The van der Waals surface area contributed by atoms with Crippen LogP contribution in [-0.2, 0) is 27.3 Å². The van der Waals surface area contributed by atoms with Crippen LogP contribution in [-0.4, -0.2) is 42.8 Å². The van der Waals surface area contributed by atoms with E-state index < -0.39 is 0 Å². The lowest BCUT2D eigenvalue weighted by atomic mass is 9.95. The highest BCUT2D eigenvalue weighted by molar-refractivity contribution is 5.95. The van der Waals surface area contributed by atoms with Gasteiger partial charge < -0.3 is 15.1 Å². The van der Waals surface area contributed by atoms with Crippen molar-refractivity contribution < 1.29 is 14.4 Å². The van der Waals surface area contributed by atoms with Crippen molar-refractivity contribution in [1.29, 1.82) is 0 Å². The predicted octanol–water partition coefficient (Wildman–Crippen LogP) is 1.47. The number of likely N-dealkylation sites (tertiary alicyclic amines) is 1. The van der Waals surface area contributed by atoms with Gasteiger partial charge >= 0.3 is 0 Å². The SMILES string of the molecule is CC(=O)N1CCC(C(=O)NCc2ccc3c(c2)CCC(=O)N3C)CC1. The van der Waals surface area contributed by atoms with Crippen molar-refractivity contribution >= 4 is 23.4 Å². The van der Waals surface area contributed by atoms with Crippen molar-refractivity contribution in [2.24, 2.45) is 5.92 Å². The van der Waals surface area contributed by atoms with Crippen LogP contribution < -0.4 is 10.2 Å². The third-order valence-electron chi connectivity index (χ3n) is 5.27. The molecule has 1 saturated heterocycles. The highest BCUT2D eigenvalue weighted by Gasteiger charge is 2.26. The van der Waals surface area contributed by atoms with Gasteiger partial charge in [-0.25, -0.2) is 0 Å². The van der Waals surface area contributed by atoms with Crippen LogP contribution in [0.1, 0.15) is 37.3 Å². The van der Waals surface area contributed by atoms with E-state index in [4.69, 9.17) is 0 Å². The number of amides is 3. The van der Waals surface area contributed by atoms with E-state index in [0.717, 1.165) is 36.1 Å². The lowest BCUT2D eigenvalue weighted by Gasteiger charge is -2.30. The second-order valence-corrected chi connectivity index (χ2v) is 6.91. The molecule has 6 nitrogen and oxygen atoms in total. The number of benzene rings is 1. The molecule has 0 bridgehead atoms. The first kappa shape index (κ1) is 17.5. The monoisotopic (exact) mass is 343 g/mol. The van der Waals surface area contributed by atoms with Gasteiger partial charge in [0.25, 0.3) is 0 Å². The largest absolute Gasteiger partial charge is 0.352 e. The molecule has 2 aliphatic rings. The summed E-state index contributed by atoms with van der Waals surface area (Å²) in [5, 5.41) is 3.02. The fourth-order valence-electron chi connectivity index (χ4n) is 3.61. The predicted molar refractivity (Wildman–Crippen MR) is 95.0 cm³/mol. The second-order valence-electron chi connectivity index (χ2n) is 6.91. The Morgan fingerprint density at radius 3 is 2.60 bits per heavy atom. The molecule has 6 heteroatoms. The van der Waals surface area contributed by atoms with Crippen LogP contribution in [0.15, 0.2) is 18.2 Å². The van der Waals surface area contributed by atoms with Gasteiger partial charge in [0.15, 0.2) is 0 Å². The number of anilines is 1. The first-order valence-electron chi connectivity index (χ1n) is 8.87. The van der Waals surface area contributed by atoms with E-state index in [-0.39, 0.29) is 23.6 Å². The van der Waals surface area contributed by atoms with Crippen molar-refractivity contribution in [2.45, 2.75) is 39.2 Å². The van der Waals surface area contributed by atoms with Crippen LogP contribution >= 0.6 is 0 Å². The summed E-state index contributed by atoms with van der Waals surface area (Å²) < 4.78 is 0. The summed E-state index contributed by atoms with van der Waals surface area (Å²) in [6.45, 7) is 3.39. The Morgan fingerprint density at radius 2 is 1.92 bits per heavy atom. The number of aryl methyl sites for hydroxylation is 1. The van der Waals surface area contributed by atoms with Gasteiger partial charge in [-0.1, -0.05) is 12.1 Å². The zero-order chi connectivity index (χ0) is 18.0. The Labute approximate surface area is 148 Å². The molecule has 0 atom stereocenters. The van der Waals surface area contributed by atoms with E-state index >= 15 is 0 Å². The Balaban J connectivity index is 1.55. The fraction of sp³-hybridized carbons (Fsp3) is 0.526. The third-order valence-corrected chi connectivity index (χ3v) is 5.27. The number of hydrogen-bond acceptors (Lipinski definition) is 3. The van der Waals surface area contributed by atoms with Crippen molar-refractivity contribution in [2.75, 3.05) is 25.0 Å². The average molecular weight is 343 g/mol. The zero-order valence-electron chi connectivity index (χ0n) is 14.9. The minimum Gasteiger partial charge on any atom is -0.352 e. The number of rotatable bonds is 3. The van der Waals surface area contributed by atoms with Gasteiger partial charge in [-0.15, -0.1) is 0 Å². The first-order chi connectivity index (χ1) is 12.0. The minimum atomic E-state index is -0.0167. The molecule has 3 rings (SSSR count). The van der Waals surface area contributed by atoms with Crippen LogP contribution in [0.5, 0.6) is 0 Å². The smallest absolute Gasteiger partial charge is 0.227 e. The van der Waals surface area contributed by atoms with E-state index in [1.54, 1.807) is 23.8 Å². The van der Waals surface area contributed by atoms with Gasteiger partial charge in [-0.2, -0.15) is 0 Å². The summed E-state index contributed by atoms with van der Waals surface area (Å²) in [6.07, 6.45) is 2.74. The standard InChI is InChI=1S/C19H25N3O3/c1-13(23)22-9-7-15(8-10-22)19(25)20-12-14-3-5-17-16(11-14)4-6-18(24)21(17)2/h3,5,11,15H,4,6-10,12H2,1-2H3,(H,20,25). The lowest BCUT2D eigenvalue weighted by Crippen LogP contribution is -2.42. The molecule has 0 spiro atoms. The van der Waals surface area contributed by atoms with Crippen LogP contribution in [0.25, 0.3) is 0 Å². The quantitative estimate of drug-likeness (QED) is 0.903.